The van der Waals surface area contributed by atoms with Gasteiger partial charge in [0.2, 0.25) is 21.8 Å². The van der Waals surface area contributed by atoms with Crippen LogP contribution in [0.1, 0.15) is 24.0 Å². The number of nitrogens with zero attached hydrogens (tertiary/aromatic N) is 1. The number of aryl methyl sites for hydroxylation is 1. The van der Waals surface area contributed by atoms with Crippen LogP contribution in [0.2, 0.25) is 10.0 Å². The van der Waals surface area contributed by atoms with E-state index in [2.05, 4.69) is 26.0 Å². The maximum Gasteiger partial charge on any atom is 0.249 e. The van der Waals surface area contributed by atoms with Crippen LogP contribution in [0.25, 0.3) is 0 Å². The van der Waals surface area contributed by atoms with Crippen LogP contribution < -0.4 is 14.9 Å². The molecule has 1 heterocycles. The molecule has 3 aromatic carbocycles. The van der Waals surface area contributed by atoms with Crippen LogP contribution in [0, 0.1) is 6.92 Å². The van der Waals surface area contributed by atoms with E-state index in [0.717, 1.165) is 21.3 Å². The Labute approximate surface area is 240 Å². The molecule has 11 heteroatoms. The smallest absolute Gasteiger partial charge is 0.249 e. The highest BCUT2D eigenvalue weighted by molar-refractivity contribution is 9.10. The van der Waals surface area contributed by atoms with Gasteiger partial charge in [-0.05, 0) is 67.6 Å². The van der Waals surface area contributed by atoms with Crippen LogP contribution >= 0.6 is 39.1 Å². The van der Waals surface area contributed by atoms with E-state index in [4.69, 9.17) is 23.2 Å². The third kappa shape index (κ3) is 6.58. The molecule has 0 aromatic heterocycles. The molecule has 2 unspecified atom stereocenters. The number of carbonyl (C=O) groups excluding carboxylic acids is 2. The van der Waals surface area contributed by atoms with Crippen molar-refractivity contribution in [2.75, 3.05) is 11.4 Å². The number of hydrogen-bond donors (Lipinski definition) is 2. The average molecular weight is 639 g/mol. The van der Waals surface area contributed by atoms with Gasteiger partial charge in [0.15, 0.2) is 0 Å². The Hall–Kier alpha value is -2.43. The standard InChI is InChI=1S/C27H26BrCl2N3O4S/c1-17-15-19(12-13-20(17)28)33-14-6-11-23(27(33)35)31-26(34)24(16-18-7-3-2-4-8-18)32-38(36,37)25-21(29)9-5-10-22(25)30/h2-5,7-10,12-13,15,23-24,32H,6,11,14,16H2,1H3,(H,31,34). The van der Waals surface area contributed by atoms with Crippen LogP contribution in [0.15, 0.2) is 76.1 Å². The first-order valence-electron chi connectivity index (χ1n) is 11.9. The maximum absolute atomic E-state index is 13.5. The molecular formula is C27H26BrCl2N3O4S. The van der Waals surface area contributed by atoms with Gasteiger partial charge in [-0.2, -0.15) is 4.72 Å². The van der Waals surface area contributed by atoms with Gasteiger partial charge in [-0.3, -0.25) is 9.59 Å². The third-order valence-corrected chi connectivity index (χ3v) is 9.61. The van der Waals surface area contributed by atoms with Crippen molar-refractivity contribution in [3.63, 3.8) is 0 Å². The molecule has 0 saturated carbocycles. The second-order valence-electron chi connectivity index (χ2n) is 9.04. The van der Waals surface area contributed by atoms with Gasteiger partial charge in [0.05, 0.1) is 10.0 Å². The van der Waals surface area contributed by atoms with E-state index in [9.17, 15) is 18.0 Å². The third-order valence-electron chi connectivity index (χ3n) is 6.29. The first-order chi connectivity index (χ1) is 18.1. The lowest BCUT2D eigenvalue weighted by Gasteiger charge is -2.33. The Kier molecular flexibility index (Phi) is 9.15. The fraction of sp³-hybridized carbons (Fsp3) is 0.259. The number of benzene rings is 3. The Morgan fingerprint density at radius 3 is 2.42 bits per heavy atom. The number of nitrogens with one attached hydrogen (secondary N) is 2. The second kappa shape index (κ2) is 12.2. The molecule has 0 bridgehead atoms. The summed E-state index contributed by atoms with van der Waals surface area (Å²) in [5.41, 5.74) is 2.46. The average Bonchev–Trinajstić information content (AvgIpc) is 2.87. The minimum absolute atomic E-state index is 0.0600. The number of carbonyl (C=O) groups is 2. The normalized spacial score (nSPS) is 16.8. The van der Waals surface area contributed by atoms with Crippen LogP contribution in [-0.2, 0) is 26.0 Å². The molecule has 1 saturated heterocycles. The number of amides is 2. The zero-order valence-electron chi connectivity index (χ0n) is 20.5. The topological polar surface area (TPSA) is 95.6 Å². The molecule has 1 aliphatic heterocycles. The lowest BCUT2D eigenvalue weighted by molar-refractivity contribution is -0.129. The molecule has 2 amide bonds. The summed E-state index contributed by atoms with van der Waals surface area (Å²) in [6, 6.07) is 17.0. The van der Waals surface area contributed by atoms with Gasteiger partial charge >= 0.3 is 0 Å². The van der Waals surface area contributed by atoms with E-state index in [1.165, 1.54) is 18.2 Å². The van der Waals surface area contributed by atoms with Crippen molar-refractivity contribution < 1.29 is 18.0 Å². The van der Waals surface area contributed by atoms with Crippen molar-refractivity contribution in [2.24, 2.45) is 0 Å². The van der Waals surface area contributed by atoms with Crippen molar-refractivity contribution in [3.05, 3.63) is 92.4 Å². The number of sulfonamides is 1. The Bertz CT molecular complexity index is 1430. The highest BCUT2D eigenvalue weighted by atomic mass is 79.9. The maximum atomic E-state index is 13.5. The summed E-state index contributed by atoms with van der Waals surface area (Å²) in [6.07, 6.45) is 1.18. The predicted octanol–water partition coefficient (Wildman–Crippen LogP) is 5.27. The van der Waals surface area contributed by atoms with Gasteiger partial charge < -0.3 is 10.2 Å². The summed E-state index contributed by atoms with van der Waals surface area (Å²) < 4.78 is 30.0. The van der Waals surface area contributed by atoms with Crippen molar-refractivity contribution in [2.45, 2.75) is 43.2 Å². The van der Waals surface area contributed by atoms with E-state index >= 15 is 0 Å². The molecule has 0 aliphatic carbocycles. The Morgan fingerprint density at radius 1 is 1.08 bits per heavy atom. The molecule has 200 valence electrons. The largest absolute Gasteiger partial charge is 0.343 e. The monoisotopic (exact) mass is 637 g/mol. The highest BCUT2D eigenvalue weighted by Gasteiger charge is 2.35. The first kappa shape index (κ1) is 28.6. The van der Waals surface area contributed by atoms with E-state index < -0.39 is 28.0 Å². The summed E-state index contributed by atoms with van der Waals surface area (Å²) >= 11 is 15.8. The minimum atomic E-state index is -4.28. The molecule has 1 fully saturated rings. The van der Waals surface area contributed by atoms with E-state index in [1.54, 1.807) is 29.2 Å². The van der Waals surface area contributed by atoms with Crippen LogP contribution in [0.4, 0.5) is 5.69 Å². The van der Waals surface area contributed by atoms with Crippen molar-refractivity contribution in [1.29, 1.82) is 0 Å². The van der Waals surface area contributed by atoms with Gasteiger partial charge in [-0.25, -0.2) is 8.42 Å². The molecule has 0 radical (unpaired) electrons. The highest BCUT2D eigenvalue weighted by Crippen LogP contribution is 2.29. The lowest BCUT2D eigenvalue weighted by Crippen LogP contribution is -2.57. The van der Waals surface area contributed by atoms with Gasteiger partial charge in [-0.1, -0.05) is 75.5 Å². The van der Waals surface area contributed by atoms with Crippen LogP contribution in [-0.4, -0.2) is 38.9 Å². The summed E-state index contributed by atoms with van der Waals surface area (Å²) in [5, 5.41) is 2.66. The van der Waals surface area contributed by atoms with E-state index in [-0.39, 0.29) is 27.3 Å². The number of hydrogen-bond acceptors (Lipinski definition) is 4. The van der Waals surface area contributed by atoms with Crippen molar-refractivity contribution in [1.82, 2.24) is 10.0 Å². The molecule has 0 spiro atoms. The number of piperidine rings is 1. The molecule has 38 heavy (non-hydrogen) atoms. The van der Waals surface area contributed by atoms with Crippen LogP contribution in [0.3, 0.4) is 0 Å². The van der Waals surface area contributed by atoms with E-state index in [0.29, 0.717) is 19.4 Å². The molecule has 7 nitrogen and oxygen atoms in total. The second-order valence-corrected chi connectivity index (χ2v) is 12.4. The Morgan fingerprint density at radius 2 is 1.76 bits per heavy atom. The van der Waals surface area contributed by atoms with Gasteiger partial charge in [0, 0.05) is 16.7 Å². The summed E-state index contributed by atoms with van der Waals surface area (Å²) in [7, 11) is -4.28. The van der Waals surface area contributed by atoms with Gasteiger partial charge in [-0.15, -0.1) is 0 Å². The molecule has 2 atom stereocenters. The quantitative estimate of drug-likeness (QED) is 0.352. The zero-order valence-corrected chi connectivity index (χ0v) is 24.4. The summed E-state index contributed by atoms with van der Waals surface area (Å²) in [4.78, 5) is 28.2. The van der Waals surface area contributed by atoms with E-state index in [1.807, 2.05) is 31.2 Å². The Balaban J connectivity index is 1.58. The lowest BCUT2D eigenvalue weighted by atomic mass is 10.0. The molecule has 1 aliphatic rings. The van der Waals surface area contributed by atoms with Gasteiger partial charge in [0.1, 0.15) is 17.0 Å². The fourth-order valence-electron chi connectivity index (χ4n) is 4.36. The van der Waals surface area contributed by atoms with Crippen LogP contribution in [0.5, 0.6) is 0 Å². The van der Waals surface area contributed by atoms with Crippen molar-refractivity contribution in [3.8, 4) is 0 Å². The van der Waals surface area contributed by atoms with Crippen molar-refractivity contribution >= 4 is 66.7 Å². The molecule has 4 rings (SSSR count). The fourth-order valence-corrected chi connectivity index (χ4v) is 6.94. The summed E-state index contributed by atoms with van der Waals surface area (Å²) in [6.45, 7) is 2.46. The minimum Gasteiger partial charge on any atom is -0.343 e. The SMILES string of the molecule is Cc1cc(N2CCCC(NC(=O)C(Cc3ccccc3)NS(=O)(=O)c3c(Cl)cccc3Cl)C2=O)ccc1Br. The molecular weight excluding hydrogens is 613 g/mol. The first-order valence-corrected chi connectivity index (χ1v) is 15.0. The summed E-state index contributed by atoms with van der Waals surface area (Å²) in [5.74, 6) is -0.866. The number of anilines is 1. The van der Waals surface area contributed by atoms with Gasteiger partial charge in [0.25, 0.3) is 0 Å². The number of rotatable bonds is 8. The zero-order chi connectivity index (χ0) is 27.4. The predicted molar refractivity (Wildman–Crippen MR) is 153 cm³/mol. The number of halogens is 3. The molecule has 2 N–H and O–H groups in total. The molecule has 3 aromatic rings.